The molecular weight excluding hydrogens is 453 g/mol. The molecule has 164 valence electrons. The zero-order valence-electron chi connectivity index (χ0n) is 16.9. The SMILES string of the molecule is O=c1cc(CSc2nnc(-c3ccc(F)cc3)n2CC2CCCO2)nc2ccc(Cl)cn12. The van der Waals surface area contributed by atoms with E-state index in [9.17, 15) is 9.18 Å². The van der Waals surface area contributed by atoms with Crippen molar-refractivity contribution in [2.24, 2.45) is 0 Å². The molecule has 1 atom stereocenters. The first-order valence-corrected chi connectivity index (χ1v) is 11.5. The molecule has 0 radical (unpaired) electrons. The lowest BCUT2D eigenvalue weighted by atomic mass is 10.2. The maximum Gasteiger partial charge on any atom is 0.258 e. The number of ether oxygens (including phenoxy) is 1. The summed E-state index contributed by atoms with van der Waals surface area (Å²) in [6.07, 6.45) is 3.63. The number of rotatable bonds is 6. The monoisotopic (exact) mass is 471 g/mol. The number of hydrogen-bond donors (Lipinski definition) is 0. The molecule has 4 aromatic rings. The van der Waals surface area contributed by atoms with Crippen molar-refractivity contribution in [3.05, 3.63) is 75.5 Å². The van der Waals surface area contributed by atoms with Crippen molar-refractivity contribution in [1.82, 2.24) is 24.1 Å². The predicted octanol–water partition coefficient (Wildman–Crippen LogP) is 4.22. The number of pyridine rings is 1. The van der Waals surface area contributed by atoms with Crippen LogP contribution in [0.5, 0.6) is 0 Å². The first kappa shape index (κ1) is 21.1. The van der Waals surface area contributed by atoms with Crippen LogP contribution in [0.1, 0.15) is 18.5 Å². The Morgan fingerprint density at radius 1 is 1.19 bits per heavy atom. The molecule has 1 saturated heterocycles. The Bertz CT molecular complexity index is 1320. The number of nitrogens with zero attached hydrogens (tertiary/aromatic N) is 5. The van der Waals surface area contributed by atoms with Crippen molar-refractivity contribution < 1.29 is 9.13 Å². The van der Waals surface area contributed by atoms with Gasteiger partial charge in [0.2, 0.25) is 0 Å². The highest BCUT2D eigenvalue weighted by molar-refractivity contribution is 7.98. The molecule has 10 heteroatoms. The average Bonchev–Trinajstić information content (AvgIpc) is 3.44. The molecule has 5 rings (SSSR count). The maximum atomic E-state index is 13.4. The van der Waals surface area contributed by atoms with Crippen LogP contribution in [-0.2, 0) is 17.0 Å². The fraction of sp³-hybridized carbons (Fsp3) is 0.273. The second-order valence-electron chi connectivity index (χ2n) is 7.51. The van der Waals surface area contributed by atoms with E-state index in [1.54, 1.807) is 30.5 Å². The maximum absolute atomic E-state index is 13.4. The summed E-state index contributed by atoms with van der Waals surface area (Å²) in [6, 6.07) is 11.1. The van der Waals surface area contributed by atoms with E-state index in [1.165, 1.54) is 34.4 Å². The van der Waals surface area contributed by atoms with Crippen LogP contribution < -0.4 is 5.56 Å². The quantitative estimate of drug-likeness (QED) is 0.392. The molecule has 0 saturated carbocycles. The van der Waals surface area contributed by atoms with Gasteiger partial charge in [0.15, 0.2) is 11.0 Å². The topological polar surface area (TPSA) is 74.3 Å². The largest absolute Gasteiger partial charge is 0.376 e. The summed E-state index contributed by atoms with van der Waals surface area (Å²) in [4.78, 5) is 17.0. The van der Waals surface area contributed by atoms with Crippen LogP contribution in [0.2, 0.25) is 5.02 Å². The van der Waals surface area contributed by atoms with Gasteiger partial charge in [0.05, 0.1) is 23.4 Å². The van der Waals surface area contributed by atoms with Crippen molar-refractivity contribution in [3.8, 4) is 11.4 Å². The third-order valence-electron chi connectivity index (χ3n) is 5.26. The van der Waals surface area contributed by atoms with Crippen LogP contribution >= 0.6 is 23.4 Å². The van der Waals surface area contributed by atoms with E-state index in [2.05, 4.69) is 15.2 Å². The Balaban J connectivity index is 1.44. The highest BCUT2D eigenvalue weighted by Gasteiger charge is 2.22. The molecule has 7 nitrogen and oxygen atoms in total. The summed E-state index contributed by atoms with van der Waals surface area (Å²) in [6.45, 7) is 1.35. The molecule has 1 aliphatic rings. The van der Waals surface area contributed by atoms with Crippen LogP contribution in [0.3, 0.4) is 0 Å². The predicted molar refractivity (Wildman–Crippen MR) is 120 cm³/mol. The normalized spacial score (nSPS) is 16.1. The molecule has 1 fully saturated rings. The van der Waals surface area contributed by atoms with Crippen LogP contribution in [0.15, 0.2) is 58.6 Å². The van der Waals surface area contributed by atoms with Gasteiger partial charge in [0, 0.05) is 30.2 Å². The zero-order chi connectivity index (χ0) is 22.1. The number of hydrogen-bond acceptors (Lipinski definition) is 6. The molecule has 4 heterocycles. The van der Waals surface area contributed by atoms with Crippen molar-refractivity contribution in [1.29, 1.82) is 0 Å². The smallest absolute Gasteiger partial charge is 0.258 e. The van der Waals surface area contributed by atoms with Gasteiger partial charge >= 0.3 is 0 Å². The number of halogens is 2. The summed E-state index contributed by atoms with van der Waals surface area (Å²) < 4.78 is 22.6. The summed E-state index contributed by atoms with van der Waals surface area (Å²) in [5, 5.41) is 9.89. The standard InChI is InChI=1S/C22H19ClFN5O2S/c23-15-5-8-19-25-17(10-20(30)28(19)11-15)13-32-22-27-26-21(14-3-6-16(24)7-4-14)29(22)12-18-2-1-9-31-18/h3-8,10-11,18H,1-2,9,12-13H2. The van der Waals surface area contributed by atoms with E-state index in [0.29, 0.717) is 39.6 Å². The van der Waals surface area contributed by atoms with E-state index < -0.39 is 0 Å². The van der Waals surface area contributed by atoms with Gasteiger partial charge in [0.25, 0.3) is 5.56 Å². The lowest BCUT2D eigenvalue weighted by Crippen LogP contribution is -2.17. The van der Waals surface area contributed by atoms with E-state index in [-0.39, 0.29) is 17.5 Å². The van der Waals surface area contributed by atoms with Crippen molar-refractivity contribution in [3.63, 3.8) is 0 Å². The van der Waals surface area contributed by atoms with Crippen LogP contribution in [0, 0.1) is 5.82 Å². The van der Waals surface area contributed by atoms with Gasteiger partial charge in [-0.1, -0.05) is 23.4 Å². The minimum absolute atomic E-state index is 0.0812. The highest BCUT2D eigenvalue weighted by atomic mass is 35.5. The van der Waals surface area contributed by atoms with Gasteiger partial charge in [-0.05, 0) is 49.2 Å². The van der Waals surface area contributed by atoms with Gasteiger partial charge in [0.1, 0.15) is 11.5 Å². The zero-order valence-corrected chi connectivity index (χ0v) is 18.5. The van der Waals surface area contributed by atoms with Crippen LogP contribution in [-0.4, -0.2) is 36.9 Å². The third-order valence-corrected chi connectivity index (χ3v) is 6.48. The van der Waals surface area contributed by atoms with Crippen LogP contribution in [0.4, 0.5) is 4.39 Å². The molecule has 0 amide bonds. The fourth-order valence-corrected chi connectivity index (χ4v) is 4.70. The van der Waals surface area contributed by atoms with Gasteiger partial charge in [-0.3, -0.25) is 13.8 Å². The lowest BCUT2D eigenvalue weighted by molar-refractivity contribution is 0.0953. The molecule has 1 aromatic carbocycles. The first-order chi connectivity index (χ1) is 15.6. The Morgan fingerprint density at radius 2 is 2.03 bits per heavy atom. The molecule has 0 bridgehead atoms. The van der Waals surface area contributed by atoms with E-state index in [4.69, 9.17) is 16.3 Å². The molecule has 0 aliphatic carbocycles. The molecule has 0 spiro atoms. The van der Waals surface area contributed by atoms with Crippen molar-refractivity contribution in [2.75, 3.05) is 6.61 Å². The van der Waals surface area contributed by atoms with Crippen molar-refractivity contribution in [2.45, 2.75) is 36.4 Å². The molecular formula is C22H19ClFN5O2S. The minimum atomic E-state index is -0.302. The van der Waals surface area contributed by atoms with Gasteiger partial charge in [-0.2, -0.15) is 0 Å². The van der Waals surface area contributed by atoms with Gasteiger partial charge in [-0.25, -0.2) is 9.37 Å². The Hall–Kier alpha value is -2.75. The molecule has 1 aliphatic heterocycles. The van der Waals surface area contributed by atoms with E-state index >= 15 is 0 Å². The Kier molecular flexibility index (Phi) is 5.95. The highest BCUT2D eigenvalue weighted by Crippen LogP contribution is 2.28. The fourth-order valence-electron chi connectivity index (χ4n) is 3.70. The van der Waals surface area contributed by atoms with Gasteiger partial charge in [-0.15, -0.1) is 10.2 Å². The van der Waals surface area contributed by atoms with Crippen LogP contribution in [0.25, 0.3) is 17.0 Å². The number of aromatic nitrogens is 5. The number of thioether (sulfide) groups is 1. The summed E-state index contributed by atoms with van der Waals surface area (Å²) in [7, 11) is 0. The first-order valence-electron chi connectivity index (χ1n) is 10.2. The summed E-state index contributed by atoms with van der Waals surface area (Å²) >= 11 is 7.43. The number of benzene rings is 1. The summed E-state index contributed by atoms with van der Waals surface area (Å²) in [5.41, 5.74) is 1.76. The second-order valence-corrected chi connectivity index (χ2v) is 8.89. The molecule has 0 N–H and O–H groups in total. The lowest BCUT2D eigenvalue weighted by Gasteiger charge is -2.14. The Labute approximate surface area is 192 Å². The third kappa shape index (κ3) is 4.41. The van der Waals surface area contributed by atoms with E-state index in [1.807, 2.05) is 4.57 Å². The minimum Gasteiger partial charge on any atom is -0.376 e. The average molecular weight is 472 g/mol. The second kappa shape index (κ2) is 9.01. The Morgan fingerprint density at radius 3 is 2.81 bits per heavy atom. The molecule has 32 heavy (non-hydrogen) atoms. The summed E-state index contributed by atoms with van der Waals surface area (Å²) in [5.74, 6) is 0.800. The molecule has 1 unspecified atom stereocenters. The van der Waals surface area contributed by atoms with Crippen molar-refractivity contribution >= 4 is 29.0 Å². The molecule has 3 aromatic heterocycles. The van der Waals surface area contributed by atoms with Gasteiger partial charge < -0.3 is 4.74 Å². The van der Waals surface area contributed by atoms with E-state index in [0.717, 1.165) is 25.0 Å². The number of fused-ring (bicyclic) bond motifs is 1.